The van der Waals surface area contributed by atoms with Gasteiger partial charge in [0.25, 0.3) is 0 Å². The van der Waals surface area contributed by atoms with Crippen molar-refractivity contribution in [3.8, 4) is 0 Å². The molecular weight excluding hydrogens is 248 g/mol. The average molecular weight is 264 g/mol. The topological polar surface area (TPSA) is 17.1 Å². The summed E-state index contributed by atoms with van der Waals surface area (Å²) in [6.45, 7) is 4.33. The van der Waals surface area contributed by atoms with Crippen LogP contribution in [0.3, 0.4) is 0 Å². The molecule has 0 saturated heterocycles. The Bertz CT molecular complexity index is 516. The maximum absolute atomic E-state index is 12.2. The number of ketones is 1. The van der Waals surface area contributed by atoms with Crippen molar-refractivity contribution in [3.05, 3.63) is 35.2 Å². The van der Waals surface area contributed by atoms with Gasteiger partial charge in [-0.05, 0) is 29.3 Å². The van der Waals surface area contributed by atoms with E-state index in [9.17, 15) is 4.79 Å². The fraction of sp³-hybridized carbons (Fsp3) is 0.357. The van der Waals surface area contributed by atoms with E-state index in [-0.39, 0.29) is 5.78 Å². The molecule has 0 fully saturated rings. The largest absolute Gasteiger partial charge is 0.293 e. The van der Waals surface area contributed by atoms with Crippen LogP contribution in [0.2, 0.25) is 0 Å². The van der Waals surface area contributed by atoms with Gasteiger partial charge in [-0.1, -0.05) is 26.0 Å². The number of benzene rings is 1. The first-order chi connectivity index (χ1) is 8.22. The monoisotopic (exact) mass is 264 g/mol. The van der Waals surface area contributed by atoms with E-state index in [1.165, 1.54) is 5.39 Å². The van der Waals surface area contributed by atoms with Crippen molar-refractivity contribution in [2.75, 3.05) is 5.75 Å². The van der Waals surface area contributed by atoms with Gasteiger partial charge in [0.05, 0.1) is 5.75 Å². The van der Waals surface area contributed by atoms with E-state index in [0.717, 1.165) is 16.7 Å². The molecule has 1 atom stereocenters. The quantitative estimate of drug-likeness (QED) is 0.733. The first-order valence-electron chi connectivity index (χ1n) is 5.83. The number of thiophene rings is 1. The Morgan fingerprint density at radius 2 is 2.24 bits per heavy atom. The Kier molecular flexibility index (Phi) is 4.24. The summed E-state index contributed by atoms with van der Waals surface area (Å²) in [5, 5.41) is 3.78. The van der Waals surface area contributed by atoms with Gasteiger partial charge in [-0.3, -0.25) is 4.79 Å². The van der Waals surface area contributed by atoms with Gasteiger partial charge < -0.3 is 0 Å². The lowest BCUT2D eigenvalue weighted by Gasteiger charge is -2.07. The van der Waals surface area contributed by atoms with Crippen molar-refractivity contribution in [3.63, 3.8) is 0 Å². The number of hydrogen-bond donors (Lipinski definition) is 0. The van der Waals surface area contributed by atoms with Gasteiger partial charge in [-0.25, -0.2) is 0 Å². The van der Waals surface area contributed by atoms with Crippen molar-refractivity contribution >= 4 is 39.0 Å². The van der Waals surface area contributed by atoms with E-state index < -0.39 is 0 Å². The SMILES string of the molecule is CCC(C)SCC(=O)c1cccc2ccsc12. The summed E-state index contributed by atoms with van der Waals surface area (Å²) in [7, 11) is 0. The Balaban J connectivity index is 2.16. The molecule has 17 heavy (non-hydrogen) atoms. The van der Waals surface area contributed by atoms with Gasteiger partial charge in [0.1, 0.15) is 0 Å². The summed E-state index contributed by atoms with van der Waals surface area (Å²) in [5.74, 6) is 0.842. The molecule has 0 aliphatic heterocycles. The van der Waals surface area contributed by atoms with Crippen LogP contribution >= 0.6 is 23.1 Å². The van der Waals surface area contributed by atoms with Crippen LogP contribution in [0.5, 0.6) is 0 Å². The molecule has 0 N–H and O–H groups in total. The van der Waals surface area contributed by atoms with Gasteiger partial charge in [-0.15, -0.1) is 11.3 Å². The fourth-order valence-corrected chi connectivity index (χ4v) is 3.38. The van der Waals surface area contributed by atoms with E-state index >= 15 is 0 Å². The number of rotatable bonds is 5. The standard InChI is InChI=1S/C14H16OS2/c1-3-10(2)17-9-13(15)12-6-4-5-11-7-8-16-14(11)12/h4-8,10H,3,9H2,1-2H3. The minimum Gasteiger partial charge on any atom is -0.293 e. The molecule has 1 heterocycles. The molecular formula is C14H16OS2. The smallest absolute Gasteiger partial charge is 0.174 e. The number of carbonyl (C=O) groups is 1. The number of fused-ring (bicyclic) bond motifs is 1. The summed E-state index contributed by atoms with van der Waals surface area (Å²) in [6.07, 6.45) is 1.11. The van der Waals surface area contributed by atoms with Crippen molar-refractivity contribution in [1.29, 1.82) is 0 Å². The van der Waals surface area contributed by atoms with Gasteiger partial charge in [0.15, 0.2) is 5.78 Å². The van der Waals surface area contributed by atoms with E-state index in [4.69, 9.17) is 0 Å². The second kappa shape index (κ2) is 5.69. The highest BCUT2D eigenvalue weighted by Gasteiger charge is 2.12. The van der Waals surface area contributed by atoms with Crippen molar-refractivity contribution in [1.82, 2.24) is 0 Å². The molecule has 0 spiro atoms. The van der Waals surface area contributed by atoms with E-state index in [0.29, 0.717) is 11.0 Å². The number of thioether (sulfide) groups is 1. The fourth-order valence-electron chi connectivity index (χ4n) is 1.63. The Labute approximate surface area is 110 Å². The molecule has 0 bridgehead atoms. The molecule has 3 heteroatoms. The average Bonchev–Trinajstić information content (AvgIpc) is 2.83. The predicted octanol–water partition coefficient (Wildman–Crippen LogP) is 4.62. The second-order valence-electron chi connectivity index (χ2n) is 4.10. The molecule has 1 nitrogen and oxygen atoms in total. The van der Waals surface area contributed by atoms with E-state index in [1.807, 2.05) is 17.5 Å². The lowest BCUT2D eigenvalue weighted by atomic mass is 10.1. The van der Waals surface area contributed by atoms with Crippen LogP contribution in [0.1, 0.15) is 30.6 Å². The number of Topliss-reactive ketones (excluding diaryl/α,β-unsaturated/α-hetero) is 1. The zero-order valence-electron chi connectivity index (χ0n) is 10.1. The summed E-state index contributed by atoms with van der Waals surface area (Å²) < 4.78 is 1.13. The summed E-state index contributed by atoms with van der Waals surface area (Å²) in [5.41, 5.74) is 0.883. The minimum atomic E-state index is 0.253. The van der Waals surface area contributed by atoms with Crippen LogP contribution in [0.4, 0.5) is 0 Å². The van der Waals surface area contributed by atoms with Crippen molar-refractivity contribution in [2.24, 2.45) is 0 Å². The highest BCUT2D eigenvalue weighted by Crippen LogP contribution is 2.26. The maximum Gasteiger partial charge on any atom is 0.174 e. The van der Waals surface area contributed by atoms with E-state index in [1.54, 1.807) is 23.1 Å². The molecule has 1 aromatic heterocycles. The normalized spacial score (nSPS) is 12.8. The first-order valence-corrected chi connectivity index (χ1v) is 7.76. The van der Waals surface area contributed by atoms with Crippen LogP contribution < -0.4 is 0 Å². The molecule has 0 radical (unpaired) electrons. The zero-order valence-corrected chi connectivity index (χ0v) is 11.7. The highest BCUT2D eigenvalue weighted by molar-refractivity contribution is 8.00. The van der Waals surface area contributed by atoms with Gasteiger partial charge in [0, 0.05) is 15.5 Å². The van der Waals surface area contributed by atoms with Gasteiger partial charge in [-0.2, -0.15) is 11.8 Å². The highest BCUT2D eigenvalue weighted by atomic mass is 32.2. The number of carbonyl (C=O) groups excluding carboxylic acids is 1. The molecule has 1 unspecified atom stereocenters. The molecule has 0 aliphatic rings. The van der Waals surface area contributed by atoms with Crippen LogP contribution in [0.15, 0.2) is 29.6 Å². The molecule has 0 amide bonds. The van der Waals surface area contributed by atoms with Crippen LogP contribution in [-0.2, 0) is 0 Å². The lowest BCUT2D eigenvalue weighted by Crippen LogP contribution is -2.06. The summed E-state index contributed by atoms with van der Waals surface area (Å²) in [4.78, 5) is 12.2. The van der Waals surface area contributed by atoms with Crippen LogP contribution in [0, 0.1) is 0 Å². The van der Waals surface area contributed by atoms with Crippen LogP contribution in [-0.4, -0.2) is 16.8 Å². The Hall–Kier alpha value is -0.800. The maximum atomic E-state index is 12.2. The number of hydrogen-bond acceptors (Lipinski definition) is 3. The Morgan fingerprint density at radius 3 is 3.00 bits per heavy atom. The molecule has 0 aliphatic carbocycles. The van der Waals surface area contributed by atoms with Crippen molar-refractivity contribution in [2.45, 2.75) is 25.5 Å². The molecule has 1 aromatic carbocycles. The molecule has 2 rings (SSSR count). The first kappa shape index (κ1) is 12.7. The van der Waals surface area contributed by atoms with E-state index in [2.05, 4.69) is 26.0 Å². The Morgan fingerprint density at radius 1 is 1.41 bits per heavy atom. The molecule has 90 valence electrons. The third kappa shape index (κ3) is 2.90. The summed E-state index contributed by atoms with van der Waals surface area (Å²) in [6, 6.07) is 8.04. The second-order valence-corrected chi connectivity index (χ2v) is 6.44. The summed E-state index contributed by atoms with van der Waals surface area (Å²) >= 11 is 3.40. The third-order valence-electron chi connectivity index (χ3n) is 2.85. The van der Waals surface area contributed by atoms with Gasteiger partial charge in [0.2, 0.25) is 0 Å². The molecule has 2 aromatic rings. The third-order valence-corrected chi connectivity index (χ3v) is 5.15. The van der Waals surface area contributed by atoms with Crippen LogP contribution in [0.25, 0.3) is 10.1 Å². The zero-order chi connectivity index (χ0) is 12.3. The van der Waals surface area contributed by atoms with Gasteiger partial charge >= 0.3 is 0 Å². The van der Waals surface area contributed by atoms with Crippen molar-refractivity contribution < 1.29 is 4.79 Å². The minimum absolute atomic E-state index is 0.253. The predicted molar refractivity (Wildman–Crippen MR) is 78.4 cm³/mol. The lowest BCUT2D eigenvalue weighted by molar-refractivity contribution is 0.102. The molecule has 0 saturated carbocycles.